The lowest BCUT2D eigenvalue weighted by Gasteiger charge is -2.25. The van der Waals surface area contributed by atoms with Gasteiger partial charge in [0.25, 0.3) is 0 Å². The summed E-state index contributed by atoms with van der Waals surface area (Å²) >= 11 is 1.11. The Morgan fingerprint density at radius 3 is 2.71 bits per heavy atom. The molecule has 1 unspecified atom stereocenters. The molecule has 2 rings (SSSR count). The quantitative estimate of drug-likeness (QED) is 0.795. The van der Waals surface area contributed by atoms with E-state index in [2.05, 4.69) is 11.4 Å². The second kappa shape index (κ2) is 8.41. The van der Waals surface area contributed by atoms with Crippen molar-refractivity contribution in [3.63, 3.8) is 0 Å². The number of benzene rings is 1. The van der Waals surface area contributed by atoms with Crippen molar-refractivity contribution in [2.75, 3.05) is 19.5 Å². The van der Waals surface area contributed by atoms with Gasteiger partial charge in [0, 0.05) is 12.3 Å². The third-order valence-electron chi connectivity index (χ3n) is 3.51. The number of ether oxygens (including phenoxy) is 2. The Hall–Kier alpha value is -2.46. The van der Waals surface area contributed by atoms with Crippen molar-refractivity contribution in [2.24, 2.45) is 0 Å². The zero-order valence-electron chi connectivity index (χ0n) is 13.5. The normalized spacial score (nSPS) is 17.0. The molecule has 0 bridgehead atoms. The van der Waals surface area contributed by atoms with Crippen molar-refractivity contribution in [2.45, 2.75) is 19.3 Å². The first kappa shape index (κ1) is 17.9. The minimum absolute atomic E-state index is 0.0456. The molecule has 1 aliphatic heterocycles. The van der Waals surface area contributed by atoms with Crippen molar-refractivity contribution >= 4 is 23.6 Å². The summed E-state index contributed by atoms with van der Waals surface area (Å²) in [5.74, 6) is -0.142. The van der Waals surface area contributed by atoms with Crippen LogP contribution in [0.5, 0.6) is 5.75 Å². The van der Waals surface area contributed by atoms with Gasteiger partial charge in [0.1, 0.15) is 5.75 Å². The molecule has 0 saturated carbocycles. The third kappa shape index (κ3) is 4.30. The number of carbonyl (C=O) groups is 2. The molecule has 7 heteroatoms. The summed E-state index contributed by atoms with van der Waals surface area (Å²) in [6.45, 7) is 2.02. The average molecular weight is 346 g/mol. The molecular formula is C17H18N2O4S. The van der Waals surface area contributed by atoms with E-state index in [1.54, 1.807) is 26.2 Å². The lowest BCUT2D eigenvalue weighted by atomic mass is 9.87. The first-order valence-corrected chi connectivity index (χ1v) is 8.44. The molecular weight excluding hydrogens is 328 g/mol. The summed E-state index contributed by atoms with van der Waals surface area (Å²) in [6.07, 6.45) is 0.193. The summed E-state index contributed by atoms with van der Waals surface area (Å²) in [4.78, 5) is 23.5. The van der Waals surface area contributed by atoms with Gasteiger partial charge in [-0.05, 0) is 24.6 Å². The Balaban J connectivity index is 2.25. The average Bonchev–Trinajstić information content (AvgIpc) is 2.59. The Bertz CT molecular complexity index is 692. The number of amides is 1. The number of hydrogen-bond donors (Lipinski definition) is 1. The van der Waals surface area contributed by atoms with Gasteiger partial charge in [0.15, 0.2) is 0 Å². The van der Waals surface area contributed by atoms with E-state index in [1.165, 1.54) is 0 Å². The molecule has 1 aromatic rings. The van der Waals surface area contributed by atoms with Crippen LogP contribution in [0, 0.1) is 11.3 Å². The molecule has 0 aromatic heterocycles. The smallest absolute Gasteiger partial charge is 0.316 e. The highest BCUT2D eigenvalue weighted by molar-refractivity contribution is 8.03. The van der Waals surface area contributed by atoms with Crippen LogP contribution in [0.3, 0.4) is 0 Å². The van der Waals surface area contributed by atoms with Crippen LogP contribution in [-0.2, 0) is 14.3 Å². The van der Waals surface area contributed by atoms with E-state index >= 15 is 0 Å². The van der Waals surface area contributed by atoms with Gasteiger partial charge in [-0.3, -0.25) is 9.59 Å². The number of hydrogen-bond acceptors (Lipinski definition) is 6. The molecule has 1 N–H and O–H groups in total. The maximum Gasteiger partial charge on any atom is 0.316 e. The van der Waals surface area contributed by atoms with Crippen molar-refractivity contribution in [1.82, 2.24) is 5.32 Å². The highest BCUT2D eigenvalue weighted by atomic mass is 32.2. The predicted octanol–water partition coefficient (Wildman–Crippen LogP) is 2.33. The molecule has 24 heavy (non-hydrogen) atoms. The van der Waals surface area contributed by atoms with E-state index in [0.717, 1.165) is 17.3 Å². The third-order valence-corrected chi connectivity index (χ3v) is 4.50. The van der Waals surface area contributed by atoms with Gasteiger partial charge < -0.3 is 14.8 Å². The Kier molecular flexibility index (Phi) is 6.27. The maximum atomic E-state index is 12.0. The second-order valence-corrected chi connectivity index (χ2v) is 6.01. The molecule has 0 spiro atoms. The maximum absolute atomic E-state index is 12.0. The fraction of sp³-hybridized carbons (Fsp3) is 0.353. The van der Waals surface area contributed by atoms with E-state index in [-0.39, 0.29) is 30.0 Å². The van der Waals surface area contributed by atoms with Crippen LogP contribution in [0.1, 0.15) is 24.8 Å². The highest BCUT2D eigenvalue weighted by Gasteiger charge is 2.29. The SMILES string of the molecule is CCOC(=O)CSC1=C(C#N)C(c2ccc(OC)cc2)CC(=O)N1. The molecule has 126 valence electrons. The topological polar surface area (TPSA) is 88.4 Å². The van der Waals surface area contributed by atoms with E-state index in [0.29, 0.717) is 23.0 Å². The van der Waals surface area contributed by atoms with E-state index in [1.807, 2.05) is 12.1 Å². The van der Waals surface area contributed by atoms with Gasteiger partial charge in [-0.15, -0.1) is 0 Å². The van der Waals surface area contributed by atoms with E-state index in [9.17, 15) is 14.9 Å². The van der Waals surface area contributed by atoms with Crippen molar-refractivity contribution < 1.29 is 19.1 Å². The molecule has 1 aromatic carbocycles. The second-order valence-electron chi connectivity index (χ2n) is 5.03. The molecule has 1 amide bonds. The molecule has 0 fully saturated rings. The number of methoxy groups -OCH3 is 1. The van der Waals surface area contributed by atoms with Gasteiger partial charge in [0.2, 0.25) is 5.91 Å². The number of thioether (sulfide) groups is 1. The Morgan fingerprint density at radius 1 is 1.42 bits per heavy atom. The monoisotopic (exact) mass is 346 g/mol. The minimum atomic E-state index is -0.381. The number of allylic oxidation sites excluding steroid dienone is 1. The van der Waals surface area contributed by atoms with Crippen LogP contribution in [0.4, 0.5) is 0 Å². The van der Waals surface area contributed by atoms with Gasteiger partial charge in [-0.2, -0.15) is 5.26 Å². The summed E-state index contributed by atoms with van der Waals surface area (Å²) in [7, 11) is 1.58. The molecule has 0 aliphatic carbocycles. The van der Waals surface area contributed by atoms with Crippen molar-refractivity contribution in [1.29, 1.82) is 5.26 Å². The number of nitrogens with zero attached hydrogens (tertiary/aromatic N) is 1. The van der Waals surface area contributed by atoms with Crippen LogP contribution in [0.2, 0.25) is 0 Å². The molecule has 0 radical (unpaired) electrons. The largest absolute Gasteiger partial charge is 0.497 e. The lowest BCUT2D eigenvalue weighted by molar-refractivity contribution is -0.139. The van der Waals surface area contributed by atoms with E-state index in [4.69, 9.17) is 9.47 Å². The first-order chi connectivity index (χ1) is 11.6. The highest BCUT2D eigenvalue weighted by Crippen LogP contribution is 2.36. The molecule has 1 aliphatic rings. The van der Waals surface area contributed by atoms with Gasteiger partial charge in [-0.25, -0.2) is 0 Å². The molecule has 1 heterocycles. The zero-order valence-corrected chi connectivity index (χ0v) is 14.3. The van der Waals surface area contributed by atoms with Crippen molar-refractivity contribution in [3.8, 4) is 11.8 Å². The number of nitriles is 1. The molecule has 1 atom stereocenters. The van der Waals surface area contributed by atoms with Gasteiger partial charge >= 0.3 is 5.97 Å². The predicted molar refractivity (Wildman–Crippen MR) is 90.2 cm³/mol. The summed E-state index contributed by atoms with van der Waals surface area (Å²) < 4.78 is 10.0. The zero-order chi connectivity index (χ0) is 17.5. The fourth-order valence-corrected chi connectivity index (χ4v) is 3.26. The number of nitrogens with one attached hydrogen (secondary N) is 1. The van der Waals surface area contributed by atoms with Crippen LogP contribution in [0.15, 0.2) is 34.9 Å². The summed E-state index contributed by atoms with van der Waals surface area (Å²) in [5.41, 5.74) is 1.31. The van der Waals surface area contributed by atoms with Gasteiger partial charge in [-0.1, -0.05) is 23.9 Å². The Labute approximate surface area is 144 Å². The lowest BCUT2D eigenvalue weighted by Crippen LogP contribution is -2.31. The number of esters is 1. The van der Waals surface area contributed by atoms with Crippen molar-refractivity contribution in [3.05, 3.63) is 40.4 Å². The standard InChI is InChI=1S/C17H18N2O4S/c1-3-23-16(21)10-24-17-14(9-18)13(8-15(20)19-17)11-4-6-12(22-2)7-5-11/h4-7,13H,3,8,10H2,1-2H3,(H,19,20). The van der Waals surface area contributed by atoms with Crippen LogP contribution >= 0.6 is 11.8 Å². The Morgan fingerprint density at radius 2 is 2.12 bits per heavy atom. The molecule has 6 nitrogen and oxygen atoms in total. The summed E-state index contributed by atoms with van der Waals surface area (Å²) in [5, 5.41) is 12.6. The van der Waals surface area contributed by atoms with E-state index < -0.39 is 0 Å². The number of carbonyl (C=O) groups excluding carboxylic acids is 2. The fourth-order valence-electron chi connectivity index (χ4n) is 2.39. The van der Waals surface area contributed by atoms with Crippen LogP contribution in [-0.4, -0.2) is 31.3 Å². The van der Waals surface area contributed by atoms with Crippen LogP contribution in [0.25, 0.3) is 0 Å². The number of rotatable bonds is 6. The summed E-state index contributed by atoms with van der Waals surface area (Å²) in [6, 6.07) is 9.44. The first-order valence-electron chi connectivity index (χ1n) is 7.45. The van der Waals surface area contributed by atoms with Gasteiger partial charge in [0.05, 0.1) is 36.1 Å². The van der Waals surface area contributed by atoms with Crippen LogP contribution < -0.4 is 10.1 Å². The minimum Gasteiger partial charge on any atom is -0.497 e. The molecule has 0 saturated heterocycles.